The second-order valence-electron chi connectivity index (χ2n) is 10.1. The number of hydrogen-bond acceptors (Lipinski definition) is 6. The zero-order valence-corrected chi connectivity index (χ0v) is 23.4. The molecule has 0 saturated heterocycles. The third-order valence-corrected chi connectivity index (χ3v) is 9.40. The lowest BCUT2D eigenvalue weighted by Gasteiger charge is -2.25. The Morgan fingerprint density at radius 2 is 1.73 bits per heavy atom. The topological polar surface area (TPSA) is 92.2 Å². The molecule has 196 valence electrons. The van der Waals surface area contributed by atoms with E-state index in [0.717, 1.165) is 31.5 Å². The normalized spacial score (nSPS) is 15.0. The van der Waals surface area contributed by atoms with Crippen LogP contribution in [0.3, 0.4) is 0 Å². The fraction of sp³-hybridized carbons (Fsp3) is 0.296. The van der Waals surface area contributed by atoms with E-state index in [0.29, 0.717) is 23.7 Å². The Hall–Kier alpha value is -3.50. The average Bonchev–Trinajstić information content (AvgIpc) is 3.09. The zero-order valence-electron chi connectivity index (χ0n) is 21.6. The Balaban J connectivity index is 1.66. The molecule has 2 aromatic carbocycles. The number of aliphatic hydroxyl groups is 1. The predicted octanol–water partition coefficient (Wildman–Crippen LogP) is 5.32. The van der Waals surface area contributed by atoms with E-state index in [1.165, 1.54) is 6.20 Å². The van der Waals surface area contributed by atoms with Crippen molar-refractivity contribution in [2.24, 2.45) is 0 Å². The molecule has 1 aliphatic rings. The molecule has 0 aliphatic carbocycles. The molecular formula is C27H33N3O5SSi. The number of benzene rings is 2. The van der Waals surface area contributed by atoms with Gasteiger partial charge in [-0.05, 0) is 35.4 Å². The van der Waals surface area contributed by atoms with Crippen molar-refractivity contribution in [3.8, 4) is 11.6 Å². The number of pyridine rings is 1. The van der Waals surface area contributed by atoms with Crippen LogP contribution in [0.2, 0.25) is 25.7 Å². The minimum absolute atomic E-state index is 0.233. The Morgan fingerprint density at radius 3 is 2.43 bits per heavy atom. The Morgan fingerprint density at radius 1 is 0.973 bits per heavy atom. The summed E-state index contributed by atoms with van der Waals surface area (Å²) in [5.41, 5.74) is 2.99. The highest BCUT2D eigenvalue weighted by Crippen LogP contribution is 2.38. The molecule has 1 aliphatic heterocycles. The van der Waals surface area contributed by atoms with Gasteiger partial charge in [0.25, 0.3) is 0 Å². The van der Waals surface area contributed by atoms with Crippen LogP contribution >= 0.6 is 0 Å². The number of nitrogens with zero attached hydrogens (tertiary/aromatic N) is 3. The van der Waals surface area contributed by atoms with Gasteiger partial charge in [-0.3, -0.25) is 0 Å². The fourth-order valence-electron chi connectivity index (χ4n) is 3.90. The van der Waals surface area contributed by atoms with E-state index >= 15 is 0 Å². The van der Waals surface area contributed by atoms with E-state index in [1.54, 1.807) is 19.2 Å². The van der Waals surface area contributed by atoms with Crippen LogP contribution in [0.1, 0.15) is 16.8 Å². The molecule has 0 spiro atoms. The zero-order chi connectivity index (χ0) is 26.6. The number of aliphatic hydroxyl groups excluding tert-OH is 1. The molecule has 0 unspecified atom stereocenters. The quantitative estimate of drug-likeness (QED) is 0.351. The summed E-state index contributed by atoms with van der Waals surface area (Å²) in [6, 6.07) is 21.3. The standard InChI is InChI=1S/C27H33N3O5SSi/c1-34-26-12-8-11-23(28-26)17-22-13-14-24(25(18-22)35-20-21-9-6-5-7-10-21)30-19-27(31)29(36(30,32)33)15-16-37(2,3)4/h5-14,18-19,31H,15-17,20H2,1-4H3. The molecule has 37 heavy (non-hydrogen) atoms. The first-order chi connectivity index (χ1) is 17.6. The van der Waals surface area contributed by atoms with Crippen molar-refractivity contribution in [3.63, 3.8) is 0 Å². The first-order valence-electron chi connectivity index (χ1n) is 12.1. The van der Waals surface area contributed by atoms with Gasteiger partial charge in [-0.1, -0.05) is 62.1 Å². The molecule has 10 heteroatoms. The number of rotatable bonds is 10. The molecule has 0 bridgehead atoms. The van der Waals surface area contributed by atoms with Gasteiger partial charge in [-0.15, -0.1) is 0 Å². The Labute approximate surface area is 220 Å². The average molecular weight is 540 g/mol. The minimum atomic E-state index is -4.00. The lowest BCUT2D eigenvalue weighted by molar-refractivity contribution is 0.294. The Bertz CT molecular complexity index is 1370. The highest BCUT2D eigenvalue weighted by Gasteiger charge is 2.39. The fourth-order valence-corrected chi connectivity index (χ4v) is 6.40. The van der Waals surface area contributed by atoms with Gasteiger partial charge in [0.1, 0.15) is 18.0 Å². The summed E-state index contributed by atoms with van der Waals surface area (Å²) in [6.45, 7) is 6.99. The third-order valence-electron chi connectivity index (χ3n) is 5.95. The molecule has 0 atom stereocenters. The maximum Gasteiger partial charge on any atom is 0.332 e. The highest BCUT2D eigenvalue weighted by atomic mass is 32.2. The van der Waals surface area contributed by atoms with Crippen molar-refractivity contribution < 1.29 is 23.0 Å². The van der Waals surface area contributed by atoms with Crippen LogP contribution in [0, 0.1) is 0 Å². The molecular weight excluding hydrogens is 506 g/mol. The number of anilines is 1. The first kappa shape index (κ1) is 26.6. The number of aromatic nitrogens is 1. The molecule has 0 amide bonds. The lowest BCUT2D eigenvalue weighted by Crippen LogP contribution is -2.37. The molecule has 0 fully saturated rings. The summed E-state index contributed by atoms with van der Waals surface area (Å²) in [7, 11) is -3.96. The number of hydrogen-bond donors (Lipinski definition) is 1. The van der Waals surface area contributed by atoms with E-state index in [-0.39, 0.29) is 19.0 Å². The van der Waals surface area contributed by atoms with Crippen molar-refractivity contribution in [2.75, 3.05) is 18.0 Å². The Kier molecular flexibility index (Phi) is 7.79. The van der Waals surface area contributed by atoms with Crippen LogP contribution in [0.15, 0.2) is 78.8 Å². The van der Waals surface area contributed by atoms with Crippen LogP contribution in [-0.4, -0.2) is 44.5 Å². The second-order valence-corrected chi connectivity index (χ2v) is 17.4. The molecule has 3 aromatic rings. The van der Waals surface area contributed by atoms with Gasteiger partial charge in [0.05, 0.1) is 13.3 Å². The lowest BCUT2D eigenvalue weighted by atomic mass is 10.1. The predicted molar refractivity (Wildman–Crippen MR) is 148 cm³/mol. The summed E-state index contributed by atoms with van der Waals surface area (Å²) in [6.07, 6.45) is 1.75. The monoisotopic (exact) mass is 539 g/mol. The summed E-state index contributed by atoms with van der Waals surface area (Å²) >= 11 is 0. The SMILES string of the molecule is COc1cccc(Cc2ccc(N3C=C(O)N(CC[Si](C)(C)C)S3(=O)=O)c(OCc3ccccc3)c2)n1. The van der Waals surface area contributed by atoms with Gasteiger partial charge < -0.3 is 14.6 Å². The van der Waals surface area contributed by atoms with E-state index in [2.05, 4.69) is 24.6 Å². The smallest absolute Gasteiger partial charge is 0.332 e. The van der Waals surface area contributed by atoms with Crippen LogP contribution in [0.5, 0.6) is 11.6 Å². The van der Waals surface area contributed by atoms with Crippen molar-refractivity contribution >= 4 is 24.0 Å². The largest absolute Gasteiger partial charge is 0.493 e. The molecule has 0 radical (unpaired) electrons. The second kappa shape index (κ2) is 10.9. The summed E-state index contributed by atoms with van der Waals surface area (Å²) in [5, 5.41) is 10.6. The van der Waals surface area contributed by atoms with Crippen molar-refractivity contribution in [3.05, 3.63) is 95.6 Å². The van der Waals surface area contributed by atoms with E-state index < -0.39 is 18.3 Å². The van der Waals surface area contributed by atoms with Crippen molar-refractivity contribution in [1.29, 1.82) is 0 Å². The number of methoxy groups -OCH3 is 1. The number of ether oxygens (including phenoxy) is 2. The molecule has 8 nitrogen and oxygen atoms in total. The van der Waals surface area contributed by atoms with Gasteiger partial charge in [0.15, 0.2) is 0 Å². The maximum atomic E-state index is 13.5. The van der Waals surface area contributed by atoms with Crippen LogP contribution < -0.4 is 13.8 Å². The maximum absolute atomic E-state index is 13.5. The first-order valence-corrected chi connectivity index (χ1v) is 17.2. The summed E-state index contributed by atoms with van der Waals surface area (Å²) in [5.74, 6) is 0.623. The van der Waals surface area contributed by atoms with Gasteiger partial charge in [-0.25, -0.2) is 13.6 Å². The summed E-state index contributed by atoms with van der Waals surface area (Å²) in [4.78, 5) is 4.48. The minimum Gasteiger partial charge on any atom is -0.493 e. The molecule has 1 aromatic heterocycles. The molecule has 4 rings (SSSR count). The molecule has 2 heterocycles. The highest BCUT2D eigenvalue weighted by molar-refractivity contribution is 7.91. The van der Waals surface area contributed by atoms with Gasteiger partial charge >= 0.3 is 10.2 Å². The van der Waals surface area contributed by atoms with E-state index in [1.807, 2.05) is 54.6 Å². The van der Waals surface area contributed by atoms with Crippen LogP contribution in [0.25, 0.3) is 0 Å². The molecule has 0 saturated carbocycles. The van der Waals surface area contributed by atoms with Crippen molar-refractivity contribution in [1.82, 2.24) is 9.29 Å². The summed E-state index contributed by atoms with van der Waals surface area (Å²) < 4.78 is 40.5. The van der Waals surface area contributed by atoms with Crippen LogP contribution in [0.4, 0.5) is 5.69 Å². The van der Waals surface area contributed by atoms with Gasteiger partial charge in [0, 0.05) is 32.8 Å². The van der Waals surface area contributed by atoms with Crippen LogP contribution in [-0.2, 0) is 23.2 Å². The van der Waals surface area contributed by atoms with Crippen molar-refractivity contribution in [2.45, 2.75) is 38.7 Å². The van der Waals surface area contributed by atoms with E-state index in [9.17, 15) is 13.5 Å². The molecule has 1 N–H and O–H groups in total. The van der Waals surface area contributed by atoms with Gasteiger partial charge in [0.2, 0.25) is 11.8 Å². The third kappa shape index (κ3) is 6.44. The van der Waals surface area contributed by atoms with E-state index in [4.69, 9.17) is 9.47 Å². The van der Waals surface area contributed by atoms with Gasteiger partial charge in [-0.2, -0.15) is 8.42 Å².